The van der Waals surface area contributed by atoms with E-state index in [1.165, 1.54) is 0 Å². The Morgan fingerprint density at radius 1 is 1.28 bits per heavy atom. The van der Waals surface area contributed by atoms with Crippen LogP contribution in [0.2, 0.25) is 0 Å². The van der Waals surface area contributed by atoms with Gasteiger partial charge in [-0.1, -0.05) is 32.4 Å². The number of carbonyl (C=O) groups is 1. The van der Waals surface area contributed by atoms with Crippen LogP contribution in [0.3, 0.4) is 0 Å². The van der Waals surface area contributed by atoms with Crippen LogP contribution >= 0.6 is 0 Å². The zero-order valence-corrected chi connectivity index (χ0v) is 17.0. The number of nitrogens with zero attached hydrogens (tertiary/aromatic N) is 4. The van der Waals surface area contributed by atoms with Crippen LogP contribution in [0.25, 0.3) is 11.0 Å². The Balaban J connectivity index is 1.50. The highest BCUT2D eigenvalue weighted by atomic mass is 16.2. The molecule has 3 aromatic rings. The highest BCUT2D eigenvalue weighted by Gasteiger charge is 2.31. The average Bonchev–Trinajstić information content (AvgIpc) is 3.21. The number of imidazole rings is 1. The van der Waals surface area contributed by atoms with Crippen molar-refractivity contribution in [2.45, 2.75) is 39.2 Å². The zero-order valence-electron chi connectivity index (χ0n) is 17.0. The molecule has 29 heavy (non-hydrogen) atoms. The van der Waals surface area contributed by atoms with Gasteiger partial charge in [0.05, 0.1) is 23.0 Å². The average molecular weight is 393 g/mol. The topological polar surface area (TPSA) is 86.8 Å². The van der Waals surface area contributed by atoms with Crippen LogP contribution in [0.15, 0.2) is 42.7 Å². The van der Waals surface area contributed by atoms with Gasteiger partial charge in [-0.15, -0.1) is 0 Å². The van der Waals surface area contributed by atoms with Crippen LogP contribution in [0.4, 0.5) is 5.95 Å². The molecule has 4 rings (SSSR count). The largest absolute Gasteiger partial charge is 0.346 e. The van der Waals surface area contributed by atoms with Crippen molar-refractivity contribution < 1.29 is 4.79 Å². The maximum absolute atomic E-state index is 13.2. The summed E-state index contributed by atoms with van der Waals surface area (Å²) in [5.74, 6) is 1.80. The number of rotatable bonds is 6. The highest BCUT2D eigenvalue weighted by Crippen LogP contribution is 2.27. The molecule has 7 heteroatoms. The number of anilines is 1. The summed E-state index contributed by atoms with van der Waals surface area (Å²) in [4.78, 5) is 32.1. The maximum Gasteiger partial charge on any atom is 0.225 e. The van der Waals surface area contributed by atoms with Gasteiger partial charge in [-0.2, -0.15) is 0 Å². The summed E-state index contributed by atoms with van der Waals surface area (Å²) in [6, 6.07) is 9.64. The molecule has 7 nitrogen and oxygen atoms in total. The minimum atomic E-state index is -0.136. The molecule has 1 aromatic carbocycles. The van der Waals surface area contributed by atoms with Crippen molar-refractivity contribution in [3.05, 3.63) is 48.5 Å². The number of piperidine rings is 1. The van der Waals surface area contributed by atoms with E-state index >= 15 is 0 Å². The Kier molecular flexibility index (Phi) is 5.74. The van der Waals surface area contributed by atoms with Crippen LogP contribution in [0, 0.1) is 11.8 Å². The number of aromatic amines is 1. The summed E-state index contributed by atoms with van der Waals surface area (Å²) >= 11 is 0. The Morgan fingerprint density at radius 2 is 2.07 bits per heavy atom. The van der Waals surface area contributed by atoms with E-state index < -0.39 is 0 Å². The first kappa shape index (κ1) is 19.4. The number of aromatic nitrogens is 4. The second-order valence-electron chi connectivity index (χ2n) is 7.84. The predicted octanol–water partition coefficient (Wildman–Crippen LogP) is 3.47. The lowest BCUT2D eigenvalue weighted by Gasteiger charge is -2.33. The lowest BCUT2D eigenvalue weighted by atomic mass is 9.94. The molecule has 3 heterocycles. The Labute approximate surface area is 171 Å². The molecular formula is C22H28N6O. The van der Waals surface area contributed by atoms with Crippen LogP contribution in [0.1, 0.15) is 45.0 Å². The third kappa shape index (κ3) is 4.23. The summed E-state index contributed by atoms with van der Waals surface area (Å²) in [5.41, 5.74) is 1.92. The number of H-pyrrole nitrogens is 1. The van der Waals surface area contributed by atoms with Gasteiger partial charge in [0.25, 0.3) is 0 Å². The van der Waals surface area contributed by atoms with E-state index in [1.807, 2.05) is 30.3 Å². The SMILES string of the molecule is CC[C@H](C)[C@@H](NC(=O)[C@H]1CCCN(c2ncccn2)C1)c1nc2ccccc2[nH]1. The van der Waals surface area contributed by atoms with E-state index in [-0.39, 0.29) is 23.8 Å². The van der Waals surface area contributed by atoms with Crippen molar-refractivity contribution >= 4 is 22.9 Å². The highest BCUT2D eigenvalue weighted by molar-refractivity contribution is 5.80. The first-order valence-electron chi connectivity index (χ1n) is 10.4. The van der Waals surface area contributed by atoms with E-state index in [4.69, 9.17) is 4.98 Å². The molecule has 2 aromatic heterocycles. The van der Waals surface area contributed by atoms with Crippen LogP contribution in [0.5, 0.6) is 0 Å². The van der Waals surface area contributed by atoms with Gasteiger partial charge >= 0.3 is 0 Å². The second-order valence-corrected chi connectivity index (χ2v) is 7.84. The Bertz CT molecular complexity index is 923. The molecule has 1 aliphatic rings. The molecule has 1 saturated heterocycles. The predicted molar refractivity (Wildman–Crippen MR) is 113 cm³/mol. The fourth-order valence-electron chi connectivity index (χ4n) is 3.93. The maximum atomic E-state index is 13.2. The number of hydrogen-bond donors (Lipinski definition) is 2. The van der Waals surface area contributed by atoms with Gasteiger partial charge in [0, 0.05) is 25.5 Å². The quantitative estimate of drug-likeness (QED) is 0.671. The smallest absolute Gasteiger partial charge is 0.225 e. The molecule has 3 atom stereocenters. The van der Waals surface area contributed by atoms with E-state index in [2.05, 4.69) is 39.0 Å². The molecule has 2 N–H and O–H groups in total. The van der Waals surface area contributed by atoms with Crippen molar-refractivity contribution in [3.63, 3.8) is 0 Å². The van der Waals surface area contributed by atoms with Crippen LogP contribution in [-0.4, -0.2) is 38.9 Å². The van der Waals surface area contributed by atoms with Crippen molar-refractivity contribution in [1.29, 1.82) is 0 Å². The molecule has 0 aliphatic carbocycles. The molecule has 0 saturated carbocycles. The standard InChI is InChI=1S/C22H28N6O/c1-3-15(2)19(20-25-17-9-4-5-10-18(17)26-20)27-21(29)16-8-6-13-28(14-16)22-23-11-7-12-24-22/h4-5,7,9-12,15-16,19H,3,6,8,13-14H2,1-2H3,(H,25,26)(H,27,29)/t15-,16-,19+/m0/s1. The van der Waals surface area contributed by atoms with Crippen molar-refractivity contribution in [3.8, 4) is 0 Å². The normalized spacial score (nSPS) is 19.1. The number of carbonyl (C=O) groups excluding carboxylic acids is 1. The van der Waals surface area contributed by atoms with Gasteiger partial charge < -0.3 is 15.2 Å². The lowest BCUT2D eigenvalue weighted by Crippen LogP contribution is -2.45. The molecule has 0 radical (unpaired) electrons. The van der Waals surface area contributed by atoms with Crippen molar-refractivity contribution in [1.82, 2.24) is 25.3 Å². The first-order chi connectivity index (χ1) is 14.2. The van der Waals surface area contributed by atoms with E-state index in [0.29, 0.717) is 12.5 Å². The van der Waals surface area contributed by atoms with E-state index in [0.717, 1.165) is 42.7 Å². The van der Waals surface area contributed by atoms with Gasteiger partial charge in [-0.05, 0) is 37.0 Å². The van der Waals surface area contributed by atoms with Crippen LogP contribution < -0.4 is 10.2 Å². The number of hydrogen-bond acceptors (Lipinski definition) is 5. The van der Waals surface area contributed by atoms with E-state index in [9.17, 15) is 4.79 Å². The Morgan fingerprint density at radius 3 is 2.83 bits per heavy atom. The molecular weight excluding hydrogens is 364 g/mol. The number of para-hydroxylation sites is 2. The number of fused-ring (bicyclic) bond motifs is 1. The van der Waals surface area contributed by atoms with Gasteiger partial charge in [-0.3, -0.25) is 4.79 Å². The number of benzene rings is 1. The monoisotopic (exact) mass is 392 g/mol. The van der Waals surface area contributed by atoms with Crippen molar-refractivity contribution in [2.75, 3.05) is 18.0 Å². The summed E-state index contributed by atoms with van der Waals surface area (Å²) < 4.78 is 0. The second kappa shape index (κ2) is 8.59. The molecule has 152 valence electrons. The molecule has 0 unspecified atom stereocenters. The molecule has 0 spiro atoms. The van der Waals surface area contributed by atoms with Gasteiger partial charge in [-0.25, -0.2) is 15.0 Å². The van der Waals surface area contributed by atoms with Crippen LogP contribution in [-0.2, 0) is 4.79 Å². The fourth-order valence-corrected chi connectivity index (χ4v) is 3.93. The van der Waals surface area contributed by atoms with Gasteiger partial charge in [0.2, 0.25) is 11.9 Å². The summed E-state index contributed by atoms with van der Waals surface area (Å²) in [6.45, 7) is 5.82. The van der Waals surface area contributed by atoms with Gasteiger partial charge in [0.15, 0.2) is 0 Å². The van der Waals surface area contributed by atoms with E-state index in [1.54, 1.807) is 12.4 Å². The fraction of sp³-hybridized carbons (Fsp3) is 0.455. The zero-order chi connectivity index (χ0) is 20.2. The molecule has 0 bridgehead atoms. The minimum Gasteiger partial charge on any atom is -0.346 e. The number of nitrogens with one attached hydrogen (secondary N) is 2. The third-order valence-corrected chi connectivity index (χ3v) is 5.84. The lowest BCUT2D eigenvalue weighted by molar-refractivity contribution is -0.126. The first-order valence-corrected chi connectivity index (χ1v) is 10.4. The molecule has 1 amide bonds. The summed E-state index contributed by atoms with van der Waals surface area (Å²) in [5, 5.41) is 3.29. The molecule has 1 fully saturated rings. The third-order valence-electron chi connectivity index (χ3n) is 5.84. The van der Waals surface area contributed by atoms with Crippen molar-refractivity contribution in [2.24, 2.45) is 11.8 Å². The molecule has 1 aliphatic heterocycles. The minimum absolute atomic E-state index is 0.0800. The number of amides is 1. The summed E-state index contributed by atoms with van der Waals surface area (Å²) in [7, 11) is 0. The van der Waals surface area contributed by atoms with Gasteiger partial charge in [0.1, 0.15) is 5.82 Å². The summed E-state index contributed by atoms with van der Waals surface area (Å²) in [6.07, 6.45) is 6.27. The Hall–Kier alpha value is -2.96.